The Morgan fingerprint density at radius 1 is 1.26 bits per heavy atom. The Balaban J connectivity index is 1.47. The number of aromatic nitrogens is 4. The molecule has 0 spiro atoms. The van der Waals surface area contributed by atoms with Gasteiger partial charge in [0.15, 0.2) is 0 Å². The summed E-state index contributed by atoms with van der Waals surface area (Å²) in [7, 11) is 0. The molecule has 0 amide bonds. The highest BCUT2D eigenvalue weighted by Gasteiger charge is 2.41. The van der Waals surface area contributed by atoms with Crippen LogP contribution in [-0.2, 0) is 5.41 Å². The van der Waals surface area contributed by atoms with Crippen LogP contribution in [0.4, 0.5) is 10.2 Å². The molecule has 0 saturated heterocycles. The number of nitrogens with zero attached hydrogens (tertiary/aromatic N) is 4. The standard InChI is InChI=1S/C18H16FN5O3/c19-11-3-1-8-20-15(11)18(6-2-7-18)10-22-14-5-4-12(23-24-14)16-21-9-13(27-16)17(25)26/h1,3-5,8-9H,2,6-7,10H2,(H,22,24)(H,25,26). The topological polar surface area (TPSA) is 114 Å². The number of hydrogen-bond donors (Lipinski definition) is 2. The van der Waals surface area contributed by atoms with Gasteiger partial charge in [0.25, 0.3) is 0 Å². The molecule has 1 fully saturated rings. The maximum Gasteiger partial charge on any atom is 0.373 e. The Morgan fingerprint density at radius 3 is 2.70 bits per heavy atom. The molecule has 3 aromatic rings. The lowest BCUT2D eigenvalue weighted by atomic mass is 9.66. The quantitative estimate of drug-likeness (QED) is 0.682. The molecule has 8 nitrogen and oxygen atoms in total. The minimum Gasteiger partial charge on any atom is -0.475 e. The van der Waals surface area contributed by atoms with Crippen LogP contribution in [-0.4, -0.2) is 37.8 Å². The zero-order chi connectivity index (χ0) is 18.9. The van der Waals surface area contributed by atoms with E-state index in [-0.39, 0.29) is 22.9 Å². The molecule has 1 saturated carbocycles. The minimum absolute atomic E-state index is 0.0810. The first-order valence-corrected chi connectivity index (χ1v) is 8.45. The Bertz CT molecular complexity index is 969. The molecule has 0 atom stereocenters. The molecule has 27 heavy (non-hydrogen) atoms. The molecule has 2 N–H and O–H groups in total. The maximum atomic E-state index is 14.2. The second kappa shape index (κ2) is 6.75. The molecule has 3 heterocycles. The molecule has 9 heteroatoms. The van der Waals surface area contributed by atoms with Gasteiger partial charge in [-0.2, -0.15) is 0 Å². The summed E-state index contributed by atoms with van der Waals surface area (Å²) in [6.07, 6.45) is 5.46. The fraction of sp³-hybridized carbons (Fsp3) is 0.278. The molecule has 0 aromatic carbocycles. The highest BCUT2D eigenvalue weighted by Crippen LogP contribution is 2.43. The number of pyridine rings is 1. The van der Waals surface area contributed by atoms with Gasteiger partial charge in [-0.05, 0) is 37.1 Å². The van der Waals surface area contributed by atoms with E-state index in [1.165, 1.54) is 6.07 Å². The van der Waals surface area contributed by atoms with Crippen LogP contribution in [0.5, 0.6) is 0 Å². The van der Waals surface area contributed by atoms with Gasteiger partial charge < -0.3 is 14.8 Å². The monoisotopic (exact) mass is 369 g/mol. The molecular formula is C18H16FN5O3. The van der Waals surface area contributed by atoms with Crippen molar-refractivity contribution in [2.24, 2.45) is 0 Å². The van der Waals surface area contributed by atoms with Crippen molar-refractivity contribution in [3.05, 3.63) is 53.9 Å². The number of carbonyl (C=O) groups is 1. The molecular weight excluding hydrogens is 353 g/mol. The second-order valence-electron chi connectivity index (χ2n) is 6.46. The maximum absolute atomic E-state index is 14.2. The highest BCUT2D eigenvalue weighted by molar-refractivity contribution is 5.84. The zero-order valence-electron chi connectivity index (χ0n) is 14.2. The summed E-state index contributed by atoms with van der Waals surface area (Å²) >= 11 is 0. The van der Waals surface area contributed by atoms with Gasteiger partial charge in [0.05, 0.1) is 11.9 Å². The number of oxazole rings is 1. The van der Waals surface area contributed by atoms with Crippen LogP contribution >= 0.6 is 0 Å². The number of nitrogens with one attached hydrogen (secondary N) is 1. The third-order valence-electron chi connectivity index (χ3n) is 4.78. The Morgan fingerprint density at radius 2 is 2.11 bits per heavy atom. The number of aromatic carboxylic acids is 1. The smallest absolute Gasteiger partial charge is 0.373 e. The Labute approximate surface area is 153 Å². The van der Waals surface area contributed by atoms with E-state index < -0.39 is 5.97 Å². The van der Waals surface area contributed by atoms with E-state index in [1.807, 2.05) is 0 Å². The molecule has 4 rings (SSSR count). The molecule has 1 aliphatic rings. The SMILES string of the molecule is O=C(O)c1cnc(-c2ccc(NCC3(c4ncccc4F)CCC3)nn2)o1. The fourth-order valence-electron chi connectivity index (χ4n) is 3.17. The molecule has 0 unspecified atom stereocenters. The van der Waals surface area contributed by atoms with Crippen molar-refractivity contribution in [2.75, 3.05) is 11.9 Å². The van der Waals surface area contributed by atoms with E-state index in [9.17, 15) is 9.18 Å². The predicted molar refractivity (Wildman–Crippen MR) is 92.7 cm³/mol. The van der Waals surface area contributed by atoms with Crippen molar-refractivity contribution in [3.63, 3.8) is 0 Å². The van der Waals surface area contributed by atoms with Crippen LogP contribution in [0.15, 0.2) is 41.1 Å². The molecule has 0 aliphatic heterocycles. The van der Waals surface area contributed by atoms with Gasteiger partial charge in [-0.1, -0.05) is 6.42 Å². The highest BCUT2D eigenvalue weighted by atomic mass is 19.1. The first kappa shape index (κ1) is 17.1. The van der Waals surface area contributed by atoms with Gasteiger partial charge in [0, 0.05) is 18.2 Å². The Kier molecular flexibility index (Phi) is 4.27. The first-order valence-electron chi connectivity index (χ1n) is 8.45. The van der Waals surface area contributed by atoms with Gasteiger partial charge in [-0.15, -0.1) is 10.2 Å². The number of halogens is 1. The van der Waals surface area contributed by atoms with E-state index >= 15 is 0 Å². The van der Waals surface area contributed by atoms with Gasteiger partial charge in [-0.25, -0.2) is 14.2 Å². The fourth-order valence-corrected chi connectivity index (χ4v) is 3.17. The van der Waals surface area contributed by atoms with Crippen molar-refractivity contribution >= 4 is 11.8 Å². The number of hydrogen-bond acceptors (Lipinski definition) is 7. The van der Waals surface area contributed by atoms with Crippen molar-refractivity contribution in [1.29, 1.82) is 0 Å². The van der Waals surface area contributed by atoms with Crippen molar-refractivity contribution in [1.82, 2.24) is 20.2 Å². The molecule has 3 aromatic heterocycles. The van der Waals surface area contributed by atoms with Gasteiger partial charge in [0.1, 0.15) is 17.3 Å². The van der Waals surface area contributed by atoms with Crippen LogP contribution in [0, 0.1) is 5.82 Å². The zero-order valence-corrected chi connectivity index (χ0v) is 14.2. The summed E-state index contributed by atoms with van der Waals surface area (Å²) in [5.74, 6) is -1.16. The normalized spacial score (nSPS) is 15.1. The lowest BCUT2D eigenvalue weighted by Gasteiger charge is -2.41. The molecule has 138 valence electrons. The van der Waals surface area contributed by atoms with E-state index in [4.69, 9.17) is 9.52 Å². The lowest BCUT2D eigenvalue weighted by Crippen LogP contribution is -2.42. The van der Waals surface area contributed by atoms with Gasteiger partial charge >= 0.3 is 5.97 Å². The average molecular weight is 369 g/mol. The third kappa shape index (κ3) is 3.23. The van der Waals surface area contributed by atoms with Crippen LogP contribution in [0.25, 0.3) is 11.6 Å². The van der Waals surface area contributed by atoms with E-state index in [1.54, 1.807) is 24.4 Å². The van der Waals surface area contributed by atoms with Crippen LogP contribution < -0.4 is 5.32 Å². The van der Waals surface area contributed by atoms with Gasteiger partial charge in [0.2, 0.25) is 11.7 Å². The van der Waals surface area contributed by atoms with Crippen LogP contribution in [0.3, 0.4) is 0 Å². The molecule has 1 aliphatic carbocycles. The summed E-state index contributed by atoms with van der Waals surface area (Å²) < 4.78 is 19.3. The van der Waals surface area contributed by atoms with Crippen molar-refractivity contribution in [3.8, 4) is 11.6 Å². The summed E-state index contributed by atoms with van der Waals surface area (Å²) in [5.41, 5.74) is 0.460. The summed E-state index contributed by atoms with van der Waals surface area (Å²) in [6.45, 7) is 0.497. The van der Waals surface area contributed by atoms with Crippen LogP contribution in [0.1, 0.15) is 35.5 Å². The molecule has 0 bridgehead atoms. The van der Waals surface area contributed by atoms with Gasteiger partial charge in [-0.3, -0.25) is 4.98 Å². The number of carboxylic acids is 1. The van der Waals surface area contributed by atoms with Crippen molar-refractivity contribution < 1.29 is 18.7 Å². The summed E-state index contributed by atoms with van der Waals surface area (Å²) in [4.78, 5) is 19.0. The van der Waals surface area contributed by atoms with Crippen molar-refractivity contribution in [2.45, 2.75) is 24.7 Å². The second-order valence-corrected chi connectivity index (χ2v) is 6.46. The van der Waals surface area contributed by atoms with E-state index in [0.29, 0.717) is 23.8 Å². The number of rotatable bonds is 6. The Hall–Kier alpha value is -3.36. The minimum atomic E-state index is -1.20. The molecule has 0 radical (unpaired) electrons. The largest absolute Gasteiger partial charge is 0.475 e. The average Bonchev–Trinajstić information content (AvgIpc) is 3.13. The number of anilines is 1. The predicted octanol–water partition coefficient (Wildman–Crippen LogP) is 2.90. The first-order chi connectivity index (χ1) is 13.1. The van der Waals surface area contributed by atoms with E-state index in [2.05, 4.69) is 25.5 Å². The number of carboxylic acid groups (broad SMARTS) is 1. The van der Waals surface area contributed by atoms with Crippen LogP contribution in [0.2, 0.25) is 0 Å². The summed E-state index contributed by atoms with van der Waals surface area (Å²) in [6, 6.07) is 6.33. The summed E-state index contributed by atoms with van der Waals surface area (Å²) in [5, 5.41) is 20.1. The lowest BCUT2D eigenvalue weighted by molar-refractivity contribution is 0.0663. The van der Waals surface area contributed by atoms with E-state index in [0.717, 1.165) is 25.5 Å². The third-order valence-corrected chi connectivity index (χ3v) is 4.78.